The fraction of sp³-hybridized carbons (Fsp3) is 0.909. The summed E-state index contributed by atoms with van der Waals surface area (Å²) in [6.45, 7) is 4.90. The maximum absolute atomic E-state index is 12.5. The number of esters is 1. The Hall–Kier alpha value is -1.66. The fourth-order valence-corrected chi connectivity index (χ4v) is 10.2. The summed E-state index contributed by atoms with van der Waals surface area (Å²) >= 11 is 0. The number of hydrogen-bond donors (Lipinski definition) is 3. The first-order valence-corrected chi connectivity index (χ1v) is 32.6. The lowest BCUT2D eigenvalue weighted by Crippen LogP contribution is -2.45. The summed E-state index contributed by atoms with van der Waals surface area (Å²) in [5.74, 6) is -0.0560. The van der Waals surface area contributed by atoms with Gasteiger partial charge in [-0.15, -0.1) is 0 Å². The van der Waals surface area contributed by atoms with Gasteiger partial charge in [-0.3, -0.25) is 9.59 Å². The molecule has 3 N–H and O–H groups in total. The number of unbranched alkanes of at least 4 members (excludes halogenated alkanes) is 48. The number of nitrogens with one attached hydrogen (secondary N) is 1. The molecule has 0 aliphatic heterocycles. The largest absolute Gasteiger partial charge is 0.466 e. The van der Waals surface area contributed by atoms with Gasteiger partial charge >= 0.3 is 5.97 Å². The van der Waals surface area contributed by atoms with Gasteiger partial charge in [-0.25, -0.2) is 0 Å². The molecule has 6 heteroatoms. The van der Waals surface area contributed by atoms with Crippen LogP contribution in [0.5, 0.6) is 0 Å². The van der Waals surface area contributed by atoms with Crippen LogP contribution in [0, 0.1) is 0 Å². The summed E-state index contributed by atoms with van der Waals surface area (Å²) < 4.78 is 5.47. The van der Waals surface area contributed by atoms with Crippen LogP contribution in [-0.4, -0.2) is 47.4 Å². The van der Waals surface area contributed by atoms with Gasteiger partial charge in [0.1, 0.15) is 0 Å². The van der Waals surface area contributed by atoms with E-state index in [0.29, 0.717) is 19.4 Å². The molecule has 2 atom stereocenters. The van der Waals surface area contributed by atoms with Gasteiger partial charge in [0, 0.05) is 12.8 Å². The maximum Gasteiger partial charge on any atom is 0.305 e. The molecular formula is C66H127NO5. The molecule has 72 heavy (non-hydrogen) atoms. The van der Waals surface area contributed by atoms with Gasteiger partial charge < -0.3 is 20.3 Å². The van der Waals surface area contributed by atoms with Crippen LogP contribution in [0.15, 0.2) is 24.3 Å². The zero-order valence-electron chi connectivity index (χ0n) is 48.7. The number of rotatable bonds is 61. The Morgan fingerprint density at radius 1 is 0.375 bits per heavy atom. The lowest BCUT2D eigenvalue weighted by atomic mass is 10.0. The second kappa shape index (κ2) is 61.9. The highest BCUT2D eigenvalue weighted by Gasteiger charge is 2.18. The van der Waals surface area contributed by atoms with Crippen LogP contribution in [-0.2, 0) is 14.3 Å². The number of hydrogen-bond acceptors (Lipinski definition) is 5. The molecule has 6 nitrogen and oxygen atoms in total. The highest BCUT2D eigenvalue weighted by Crippen LogP contribution is 2.18. The normalized spacial score (nSPS) is 12.7. The lowest BCUT2D eigenvalue weighted by Gasteiger charge is -2.20. The Kier molecular flexibility index (Phi) is 60.5. The number of aliphatic hydroxyl groups is 2. The van der Waals surface area contributed by atoms with Crippen LogP contribution < -0.4 is 5.32 Å². The summed E-state index contributed by atoms with van der Waals surface area (Å²) in [4.78, 5) is 24.5. The summed E-state index contributed by atoms with van der Waals surface area (Å²) in [5, 5.41) is 23.2. The Labute approximate surface area is 450 Å². The van der Waals surface area contributed by atoms with E-state index in [1.54, 1.807) is 6.08 Å². The van der Waals surface area contributed by atoms with Gasteiger partial charge in [0.2, 0.25) is 5.91 Å². The third-order valence-corrected chi connectivity index (χ3v) is 15.2. The smallest absolute Gasteiger partial charge is 0.305 e. The van der Waals surface area contributed by atoms with E-state index < -0.39 is 12.1 Å². The van der Waals surface area contributed by atoms with E-state index in [9.17, 15) is 19.8 Å². The van der Waals surface area contributed by atoms with Gasteiger partial charge in [0.25, 0.3) is 0 Å². The summed E-state index contributed by atoms with van der Waals surface area (Å²) in [6, 6.07) is -0.626. The van der Waals surface area contributed by atoms with Crippen LogP contribution in [0.1, 0.15) is 361 Å². The van der Waals surface area contributed by atoms with Crippen molar-refractivity contribution in [2.45, 2.75) is 373 Å². The highest BCUT2D eigenvalue weighted by atomic mass is 16.5. The van der Waals surface area contributed by atoms with Crippen molar-refractivity contribution in [3.8, 4) is 0 Å². The maximum atomic E-state index is 12.5. The summed E-state index contributed by atoms with van der Waals surface area (Å²) in [6.07, 6.45) is 76.6. The third kappa shape index (κ3) is 57.6. The van der Waals surface area contributed by atoms with Crippen molar-refractivity contribution < 1.29 is 24.5 Å². The van der Waals surface area contributed by atoms with Crippen molar-refractivity contribution >= 4 is 11.9 Å². The topological polar surface area (TPSA) is 95.9 Å². The molecule has 0 aliphatic carbocycles. The molecule has 0 spiro atoms. The van der Waals surface area contributed by atoms with Crippen LogP contribution in [0.4, 0.5) is 0 Å². The van der Waals surface area contributed by atoms with Gasteiger partial charge in [0.05, 0.1) is 25.4 Å². The van der Waals surface area contributed by atoms with Gasteiger partial charge in [-0.1, -0.05) is 314 Å². The monoisotopic (exact) mass is 1010 g/mol. The number of ether oxygens (including phenoxy) is 1. The minimum atomic E-state index is -0.843. The van der Waals surface area contributed by atoms with E-state index >= 15 is 0 Å². The second-order valence-corrected chi connectivity index (χ2v) is 22.5. The predicted octanol–water partition coefficient (Wildman–Crippen LogP) is 20.6. The Bertz CT molecular complexity index is 1120. The minimum absolute atomic E-state index is 0.00709. The van der Waals surface area contributed by atoms with Crippen molar-refractivity contribution in [2.75, 3.05) is 13.2 Å². The van der Waals surface area contributed by atoms with Crippen molar-refractivity contribution in [1.29, 1.82) is 0 Å². The number of aliphatic hydroxyl groups excluding tert-OH is 2. The molecule has 426 valence electrons. The van der Waals surface area contributed by atoms with Crippen LogP contribution in [0.25, 0.3) is 0 Å². The summed E-state index contributed by atoms with van der Waals surface area (Å²) in [5.41, 5.74) is 0. The molecule has 0 heterocycles. The van der Waals surface area contributed by atoms with E-state index in [-0.39, 0.29) is 18.5 Å². The van der Waals surface area contributed by atoms with E-state index in [1.165, 1.54) is 289 Å². The van der Waals surface area contributed by atoms with Crippen molar-refractivity contribution in [2.24, 2.45) is 0 Å². The molecule has 0 aromatic rings. The summed E-state index contributed by atoms with van der Waals surface area (Å²) in [7, 11) is 0. The van der Waals surface area contributed by atoms with E-state index in [0.717, 1.165) is 44.9 Å². The Morgan fingerprint density at radius 2 is 0.653 bits per heavy atom. The Morgan fingerprint density at radius 3 is 1.01 bits per heavy atom. The van der Waals surface area contributed by atoms with E-state index in [1.807, 2.05) is 6.08 Å². The standard InChI is InChI=1S/C66H127NO5/c1-3-5-7-9-11-13-15-17-18-29-32-35-38-42-46-50-54-58-64(69)63(62-68)67-65(70)59-55-51-47-43-39-36-33-30-27-25-23-21-19-20-22-24-26-28-31-34-37-41-45-49-53-57-61-72-66(71)60-56-52-48-44-40-16-14-12-10-8-6-4-2/h12,14,54,58,63-64,68-69H,3-11,13,15-53,55-57,59-62H2,1-2H3,(H,67,70)/b14-12-,58-54+. The molecule has 0 rings (SSSR count). The number of carbonyl (C=O) groups is 2. The van der Waals surface area contributed by atoms with Crippen LogP contribution in [0.2, 0.25) is 0 Å². The minimum Gasteiger partial charge on any atom is -0.466 e. The van der Waals surface area contributed by atoms with Crippen LogP contribution >= 0.6 is 0 Å². The van der Waals surface area contributed by atoms with Gasteiger partial charge in [-0.05, 0) is 57.8 Å². The molecule has 0 saturated carbocycles. The lowest BCUT2D eigenvalue weighted by molar-refractivity contribution is -0.143. The molecule has 0 bridgehead atoms. The van der Waals surface area contributed by atoms with E-state index in [2.05, 4.69) is 31.3 Å². The first kappa shape index (κ1) is 70.3. The van der Waals surface area contributed by atoms with Crippen LogP contribution in [0.3, 0.4) is 0 Å². The van der Waals surface area contributed by atoms with Gasteiger partial charge in [0.15, 0.2) is 0 Å². The molecule has 0 aromatic heterocycles. The molecule has 0 saturated heterocycles. The average molecular weight is 1010 g/mol. The zero-order chi connectivity index (χ0) is 52.2. The van der Waals surface area contributed by atoms with E-state index in [4.69, 9.17) is 4.74 Å². The average Bonchev–Trinajstić information content (AvgIpc) is 3.38. The Balaban J connectivity index is 3.38. The zero-order valence-corrected chi connectivity index (χ0v) is 48.7. The molecule has 0 aliphatic rings. The number of carbonyl (C=O) groups excluding carboxylic acids is 2. The van der Waals surface area contributed by atoms with Crippen molar-refractivity contribution in [3.05, 3.63) is 24.3 Å². The quantitative estimate of drug-likeness (QED) is 0.0320. The second-order valence-electron chi connectivity index (χ2n) is 22.5. The number of allylic oxidation sites excluding steroid dienone is 3. The molecule has 1 amide bonds. The predicted molar refractivity (Wildman–Crippen MR) is 315 cm³/mol. The first-order valence-electron chi connectivity index (χ1n) is 32.6. The first-order chi connectivity index (χ1) is 35.5. The van der Waals surface area contributed by atoms with Gasteiger partial charge in [-0.2, -0.15) is 0 Å². The molecular weight excluding hydrogens is 887 g/mol. The number of amides is 1. The SMILES string of the molecule is CCCCC/C=C\CCCCCCCC(=O)OCCCCCCCCCCCCCCCCCCCCCCCCCCCCC(=O)NC(CO)C(O)/C=C/CCCCCCCCCCCCCCCCC. The van der Waals surface area contributed by atoms with Crippen molar-refractivity contribution in [1.82, 2.24) is 5.32 Å². The third-order valence-electron chi connectivity index (χ3n) is 15.2. The molecule has 0 fully saturated rings. The molecule has 2 unspecified atom stereocenters. The molecule has 0 radical (unpaired) electrons. The fourth-order valence-electron chi connectivity index (χ4n) is 10.2. The van der Waals surface area contributed by atoms with Crippen molar-refractivity contribution in [3.63, 3.8) is 0 Å². The highest BCUT2D eigenvalue weighted by molar-refractivity contribution is 5.76. The molecule has 0 aromatic carbocycles.